The van der Waals surface area contributed by atoms with Crippen LogP contribution in [0.15, 0.2) is 65.9 Å². The minimum absolute atomic E-state index is 0.138. The van der Waals surface area contributed by atoms with Gasteiger partial charge in [0.15, 0.2) is 11.5 Å². The third-order valence-corrected chi connectivity index (χ3v) is 4.03. The van der Waals surface area contributed by atoms with Crippen LogP contribution in [-0.2, 0) is 0 Å². The molecule has 2 aromatic carbocycles. The van der Waals surface area contributed by atoms with Crippen LogP contribution < -0.4 is 14.9 Å². The molecule has 1 heterocycles. The van der Waals surface area contributed by atoms with Crippen LogP contribution in [0.4, 0.5) is 11.4 Å². The van der Waals surface area contributed by atoms with E-state index in [-0.39, 0.29) is 22.9 Å². The van der Waals surface area contributed by atoms with Crippen molar-refractivity contribution in [1.29, 1.82) is 0 Å². The molecule has 3 rings (SSSR count). The summed E-state index contributed by atoms with van der Waals surface area (Å²) in [6.45, 7) is 0. The molecule has 0 aliphatic rings. The van der Waals surface area contributed by atoms with E-state index in [0.717, 1.165) is 18.2 Å². The molecule has 1 aromatic heterocycles. The number of hydrazone groups is 1. The van der Waals surface area contributed by atoms with Gasteiger partial charge in [-0.05, 0) is 42.0 Å². The number of pyridine rings is 1. The number of carbonyl (C=O) groups excluding carboxylic acids is 1. The van der Waals surface area contributed by atoms with E-state index < -0.39 is 27.1 Å². The Kier molecular flexibility index (Phi) is 6.65. The van der Waals surface area contributed by atoms with E-state index in [4.69, 9.17) is 9.47 Å². The molecule has 3 aromatic rings. The summed E-state index contributed by atoms with van der Waals surface area (Å²) in [5, 5.41) is 26.0. The summed E-state index contributed by atoms with van der Waals surface area (Å²) in [5.74, 6) is -0.320. The van der Waals surface area contributed by atoms with Crippen molar-refractivity contribution in [1.82, 2.24) is 10.4 Å². The molecule has 0 fully saturated rings. The predicted molar refractivity (Wildman–Crippen MR) is 112 cm³/mol. The minimum Gasteiger partial charge on any atom is -0.493 e. The van der Waals surface area contributed by atoms with Crippen molar-refractivity contribution in [3.05, 3.63) is 92.3 Å². The van der Waals surface area contributed by atoms with Gasteiger partial charge in [-0.1, -0.05) is 6.07 Å². The first-order valence-corrected chi connectivity index (χ1v) is 8.92. The predicted octanol–water partition coefficient (Wildman–Crippen LogP) is 3.46. The number of rotatable bonds is 8. The third-order valence-electron chi connectivity index (χ3n) is 4.03. The summed E-state index contributed by atoms with van der Waals surface area (Å²) in [5.41, 5.74) is 2.08. The molecule has 0 saturated heterocycles. The molecule has 12 nitrogen and oxygen atoms in total. The highest BCUT2D eigenvalue weighted by molar-refractivity contribution is 5.93. The van der Waals surface area contributed by atoms with Crippen molar-refractivity contribution in [2.75, 3.05) is 7.11 Å². The number of ether oxygens (including phenoxy) is 2. The van der Waals surface area contributed by atoms with Crippen molar-refractivity contribution < 1.29 is 24.1 Å². The van der Waals surface area contributed by atoms with Crippen LogP contribution in [0.3, 0.4) is 0 Å². The zero-order valence-corrected chi connectivity index (χ0v) is 16.5. The Morgan fingerprint density at radius 3 is 2.47 bits per heavy atom. The highest BCUT2D eigenvalue weighted by Gasteiger charge is 2.22. The fraction of sp³-hybridized carbons (Fsp3) is 0.0500. The molecule has 32 heavy (non-hydrogen) atoms. The van der Waals surface area contributed by atoms with E-state index in [1.165, 1.54) is 37.7 Å². The van der Waals surface area contributed by atoms with E-state index in [9.17, 15) is 25.0 Å². The van der Waals surface area contributed by atoms with Gasteiger partial charge in [-0.3, -0.25) is 30.0 Å². The maximum absolute atomic E-state index is 11.9. The van der Waals surface area contributed by atoms with Crippen molar-refractivity contribution in [2.45, 2.75) is 0 Å². The van der Waals surface area contributed by atoms with Gasteiger partial charge in [0.05, 0.1) is 29.2 Å². The summed E-state index contributed by atoms with van der Waals surface area (Å²) in [4.78, 5) is 36.5. The first-order valence-electron chi connectivity index (χ1n) is 8.92. The fourth-order valence-electron chi connectivity index (χ4n) is 2.54. The smallest absolute Gasteiger partial charge is 0.318 e. The number of hydrogen-bond donors (Lipinski definition) is 1. The zero-order chi connectivity index (χ0) is 23.1. The topological polar surface area (TPSA) is 159 Å². The van der Waals surface area contributed by atoms with Gasteiger partial charge < -0.3 is 9.47 Å². The second kappa shape index (κ2) is 9.75. The number of nitro benzene ring substituents is 2. The van der Waals surface area contributed by atoms with Gasteiger partial charge in [-0.2, -0.15) is 5.10 Å². The normalized spacial score (nSPS) is 10.5. The average molecular weight is 437 g/mol. The molecule has 0 radical (unpaired) electrons. The molecule has 0 bridgehead atoms. The van der Waals surface area contributed by atoms with Crippen LogP contribution in [0, 0.1) is 20.2 Å². The molecule has 0 unspecified atom stereocenters. The Labute approximate surface area is 180 Å². The summed E-state index contributed by atoms with van der Waals surface area (Å²) < 4.78 is 10.8. The first-order chi connectivity index (χ1) is 15.4. The van der Waals surface area contributed by atoms with Crippen LogP contribution in [0.5, 0.6) is 17.2 Å². The SMILES string of the molecule is COc1cc(/C=N/NC(=O)c2ccccn2)ccc1Oc1ccc([N+](=O)[O-])cc1[N+](=O)[O-]. The largest absolute Gasteiger partial charge is 0.493 e. The number of hydrogen-bond acceptors (Lipinski definition) is 9. The van der Waals surface area contributed by atoms with Gasteiger partial charge in [0, 0.05) is 12.3 Å². The standard InChI is InChI=1S/C20H15N5O7/c1-31-19-10-13(12-22-23-20(26)15-4-2-3-9-21-15)5-7-18(19)32-17-8-6-14(24(27)28)11-16(17)25(29)30/h2-12H,1H3,(H,23,26)/b22-12+. The summed E-state index contributed by atoms with van der Waals surface area (Å²) in [7, 11) is 1.37. The molecule has 0 aliphatic carbocycles. The van der Waals surface area contributed by atoms with Crippen LogP contribution in [0.1, 0.15) is 16.1 Å². The molecule has 1 N–H and O–H groups in total. The monoisotopic (exact) mass is 437 g/mol. The quantitative estimate of drug-likeness (QED) is 0.318. The summed E-state index contributed by atoms with van der Waals surface area (Å²) in [6.07, 6.45) is 2.85. The number of nitrogens with one attached hydrogen (secondary N) is 1. The van der Waals surface area contributed by atoms with Crippen LogP contribution in [0.25, 0.3) is 0 Å². The van der Waals surface area contributed by atoms with Gasteiger partial charge in [0.25, 0.3) is 11.6 Å². The Morgan fingerprint density at radius 1 is 1.03 bits per heavy atom. The number of amides is 1. The number of nitrogens with zero attached hydrogens (tertiary/aromatic N) is 4. The molecule has 162 valence electrons. The molecule has 0 saturated carbocycles. The van der Waals surface area contributed by atoms with E-state index in [1.807, 2.05) is 0 Å². The maximum atomic E-state index is 11.9. The minimum atomic E-state index is -0.778. The lowest BCUT2D eigenvalue weighted by Gasteiger charge is -2.11. The van der Waals surface area contributed by atoms with Gasteiger partial charge in [0.2, 0.25) is 5.75 Å². The van der Waals surface area contributed by atoms with Gasteiger partial charge in [-0.15, -0.1) is 0 Å². The van der Waals surface area contributed by atoms with E-state index in [1.54, 1.807) is 18.2 Å². The number of nitro groups is 2. The summed E-state index contributed by atoms with van der Waals surface area (Å²) >= 11 is 0. The molecular weight excluding hydrogens is 422 g/mol. The maximum Gasteiger partial charge on any atom is 0.318 e. The lowest BCUT2D eigenvalue weighted by molar-refractivity contribution is -0.394. The van der Waals surface area contributed by atoms with Crippen molar-refractivity contribution >= 4 is 23.5 Å². The third kappa shape index (κ3) is 5.18. The van der Waals surface area contributed by atoms with Gasteiger partial charge in [-0.25, -0.2) is 5.43 Å². The van der Waals surface area contributed by atoms with Crippen LogP contribution in [0.2, 0.25) is 0 Å². The lowest BCUT2D eigenvalue weighted by Crippen LogP contribution is -2.18. The molecule has 0 spiro atoms. The average Bonchev–Trinajstić information content (AvgIpc) is 2.80. The highest BCUT2D eigenvalue weighted by Crippen LogP contribution is 2.38. The zero-order valence-electron chi connectivity index (χ0n) is 16.5. The van der Waals surface area contributed by atoms with Crippen LogP contribution in [-0.4, -0.2) is 34.1 Å². The van der Waals surface area contributed by atoms with E-state index >= 15 is 0 Å². The summed E-state index contributed by atoms with van der Waals surface area (Å²) in [6, 6.07) is 12.5. The van der Waals surface area contributed by atoms with E-state index in [2.05, 4.69) is 15.5 Å². The second-order valence-corrected chi connectivity index (χ2v) is 6.09. The lowest BCUT2D eigenvalue weighted by atomic mass is 10.2. The van der Waals surface area contributed by atoms with Crippen molar-refractivity contribution in [2.24, 2.45) is 5.10 Å². The number of non-ortho nitro benzene ring substituents is 1. The number of aromatic nitrogens is 1. The second-order valence-electron chi connectivity index (χ2n) is 6.09. The van der Waals surface area contributed by atoms with Crippen molar-refractivity contribution in [3.8, 4) is 17.2 Å². The molecule has 12 heteroatoms. The Balaban J connectivity index is 1.78. The number of benzene rings is 2. The Morgan fingerprint density at radius 2 is 1.81 bits per heavy atom. The van der Waals surface area contributed by atoms with Crippen LogP contribution >= 0.6 is 0 Å². The molecule has 1 amide bonds. The van der Waals surface area contributed by atoms with Crippen molar-refractivity contribution in [3.63, 3.8) is 0 Å². The van der Waals surface area contributed by atoms with E-state index in [0.29, 0.717) is 5.56 Å². The molecular formula is C20H15N5O7. The first kappa shape index (κ1) is 21.8. The number of methoxy groups -OCH3 is 1. The molecule has 0 aliphatic heterocycles. The number of carbonyl (C=O) groups is 1. The van der Waals surface area contributed by atoms with Gasteiger partial charge in [0.1, 0.15) is 5.69 Å². The fourth-order valence-corrected chi connectivity index (χ4v) is 2.54. The van der Waals surface area contributed by atoms with Gasteiger partial charge >= 0.3 is 5.69 Å². The Hall–Kier alpha value is -4.87. The molecule has 0 atom stereocenters. The Bertz CT molecular complexity index is 1200. The highest BCUT2D eigenvalue weighted by atomic mass is 16.6.